The van der Waals surface area contributed by atoms with Crippen LogP contribution in [0.2, 0.25) is 0 Å². The topological polar surface area (TPSA) is 38.5 Å². The second kappa shape index (κ2) is 5.28. The van der Waals surface area contributed by atoms with Crippen LogP contribution >= 0.6 is 0 Å². The van der Waals surface area contributed by atoms with Crippen LogP contribution in [0.25, 0.3) is 0 Å². The third kappa shape index (κ3) is 2.71. The first-order valence-corrected chi connectivity index (χ1v) is 6.42. The van der Waals surface area contributed by atoms with Crippen molar-refractivity contribution in [3.05, 3.63) is 0 Å². The van der Waals surface area contributed by atoms with Gasteiger partial charge in [0.25, 0.3) is 0 Å². The third-order valence-electron chi connectivity index (χ3n) is 3.88. The molecular weight excluding hydrogens is 188 g/mol. The second-order valence-corrected chi connectivity index (χ2v) is 4.91. The Bertz CT molecular complexity index is 198. The zero-order valence-corrected chi connectivity index (χ0v) is 9.82. The van der Waals surface area contributed by atoms with Gasteiger partial charge in [-0.2, -0.15) is 0 Å². The number of hydrogen-bond donors (Lipinski definition) is 1. The first-order chi connectivity index (χ1) is 7.31. The number of nitrogens with zero attached hydrogens (tertiary/aromatic N) is 1. The molecule has 2 aliphatic rings. The van der Waals surface area contributed by atoms with Crippen LogP contribution in [0.15, 0.2) is 0 Å². The van der Waals surface area contributed by atoms with Gasteiger partial charge in [-0.1, -0.05) is 19.8 Å². The second-order valence-electron chi connectivity index (χ2n) is 4.91. The van der Waals surface area contributed by atoms with E-state index in [1.165, 1.54) is 25.7 Å². The van der Waals surface area contributed by atoms with Crippen molar-refractivity contribution in [1.82, 2.24) is 4.90 Å². The molecule has 1 saturated carbocycles. The van der Waals surface area contributed by atoms with E-state index in [0.29, 0.717) is 18.2 Å². The summed E-state index contributed by atoms with van der Waals surface area (Å²) in [4.78, 5) is 2.57. The lowest BCUT2D eigenvalue weighted by Crippen LogP contribution is -2.55. The van der Waals surface area contributed by atoms with Crippen LogP contribution in [0.3, 0.4) is 0 Å². The summed E-state index contributed by atoms with van der Waals surface area (Å²) in [6, 6.07) is 1.02. The molecule has 1 aliphatic heterocycles. The zero-order chi connectivity index (χ0) is 10.7. The molecule has 0 bridgehead atoms. The van der Waals surface area contributed by atoms with Crippen LogP contribution in [0, 0.1) is 0 Å². The largest absolute Gasteiger partial charge is 0.376 e. The molecule has 2 rings (SSSR count). The van der Waals surface area contributed by atoms with Gasteiger partial charge in [0.2, 0.25) is 0 Å². The molecule has 3 unspecified atom stereocenters. The molecule has 2 N–H and O–H groups in total. The van der Waals surface area contributed by atoms with E-state index in [2.05, 4.69) is 11.8 Å². The fourth-order valence-electron chi connectivity index (χ4n) is 2.88. The Balaban J connectivity index is 1.90. The minimum Gasteiger partial charge on any atom is -0.376 e. The van der Waals surface area contributed by atoms with E-state index < -0.39 is 0 Å². The van der Waals surface area contributed by atoms with Gasteiger partial charge < -0.3 is 10.5 Å². The Labute approximate surface area is 93.0 Å². The molecule has 0 aromatic rings. The highest BCUT2D eigenvalue weighted by Gasteiger charge is 2.30. The van der Waals surface area contributed by atoms with Crippen molar-refractivity contribution >= 4 is 0 Å². The predicted molar refractivity (Wildman–Crippen MR) is 61.8 cm³/mol. The number of nitrogens with two attached hydrogens (primary N) is 1. The molecule has 1 heterocycles. The van der Waals surface area contributed by atoms with Crippen molar-refractivity contribution in [2.45, 2.75) is 57.2 Å². The summed E-state index contributed by atoms with van der Waals surface area (Å²) in [5.74, 6) is 0. The molecule has 15 heavy (non-hydrogen) atoms. The average molecular weight is 212 g/mol. The molecule has 3 heteroatoms. The number of morpholine rings is 1. The van der Waals surface area contributed by atoms with Crippen LogP contribution in [-0.2, 0) is 4.74 Å². The lowest BCUT2D eigenvalue weighted by Gasteiger charge is -2.42. The summed E-state index contributed by atoms with van der Waals surface area (Å²) in [5.41, 5.74) is 6.21. The van der Waals surface area contributed by atoms with Crippen LogP contribution in [0.1, 0.15) is 39.0 Å². The predicted octanol–water partition coefficient (Wildman–Crippen LogP) is 1.37. The van der Waals surface area contributed by atoms with E-state index >= 15 is 0 Å². The Hall–Kier alpha value is -0.120. The van der Waals surface area contributed by atoms with Crippen molar-refractivity contribution in [3.63, 3.8) is 0 Å². The summed E-state index contributed by atoms with van der Waals surface area (Å²) in [6.07, 6.45) is 6.73. The van der Waals surface area contributed by atoms with E-state index in [-0.39, 0.29) is 0 Å². The molecule has 0 spiro atoms. The van der Waals surface area contributed by atoms with Crippen LogP contribution in [0.4, 0.5) is 0 Å². The fraction of sp³-hybridized carbons (Fsp3) is 1.00. The van der Waals surface area contributed by atoms with E-state index in [4.69, 9.17) is 10.5 Å². The van der Waals surface area contributed by atoms with E-state index in [1.54, 1.807) is 0 Å². The van der Waals surface area contributed by atoms with Crippen molar-refractivity contribution < 1.29 is 4.74 Å². The maximum Gasteiger partial charge on any atom is 0.0700 e. The maximum absolute atomic E-state index is 6.21. The molecule has 0 aromatic heterocycles. The van der Waals surface area contributed by atoms with Gasteiger partial charge in [-0.15, -0.1) is 0 Å². The average Bonchev–Trinajstić information content (AvgIpc) is 2.30. The maximum atomic E-state index is 6.21. The van der Waals surface area contributed by atoms with Crippen LogP contribution in [0.5, 0.6) is 0 Å². The fourth-order valence-corrected chi connectivity index (χ4v) is 2.88. The number of ether oxygens (including phenoxy) is 1. The molecule has 0 radical (unpaired) electrons. The Kier molecular flexibility index (Phi) is 4.00. The molecule has 2 fully saturated rings. The Morgan fingerprint density at radius 3 is 2.87 bits per heavy atom. The molecule has 1 saturated heterocycles. The van der Waals surface area contributed by atoms with Gasteiger partial charge in [-0.05, 0) is 19.3 Å². The lowest BCUT2D eigenvalue weighted by molar-refractivity contribution is -0.0520. The quantitative estimate of drug-likeness (QED) is 0.751. The summed E-state index contributed by atoms with van der Waals surface area (Å²) in [6.45, 7) is 5.26. The van der Waals surface area contributed by atoms with E-state index in [0.717, 1.165) is 26.1 Å². The van der Waals surface area contributed by atoms with Gasteiger partial charge in [-0.3, -0.25) is 4.90 Å². The summed E-state index contributed by atoms with van der Waals surface area (Å²) < 4.78 is 5.70. The van der Waals surface area contributed by atoms with Crippen molar-refractivity contribution in [1.29, 1.82) is 0 Å². The monoisotopic (exact) mass is 212 g/mol. The van der Waals surface area contributed by atoms with Crippen LogP contribution in [-0.4, -0.2) is 42.8 Å². The SMILES string of the molecule is CCC1CN(C2CCCCC2N)CCO1. The molecule has 0 amide bonds. The first-order valence-electron chi connectivity index (χ1n) is 6.42. The highest BCUT2D eigenvalue weighted by atomic mass is 16.5. The summed E-state index contributed by atoms with van der Waals surface area (Å²) in [5, 5.41) is 0. The zero-order valence-electron chi connectivity index (χ0n) is 9.82. The smallest absolute Gasteiger partial charge is 0.0700 e. The number of hydrogen-bond acceptors (Lipinski definition) is 3. The third-order valence-corrected chi connectivity index (χ3v) is 3.88. The normalized spacial score (nSPS) is 39.2. The lowest BCUT2D eigenvalue weighted by atomic mass is 9.89. The molecule has 1 aliphatic carbocycles. The van der Waals surface area contributed by atoms with E-state index in [9.17, 15) is 0 Å². The highest BCUT2D eigenvalue weighted by molar-refractivity contribution is 4.88. The van der Waals surface area contributed by atoms with Gasteiger partial charge in [0, 0.05) is 25.2 Å². The van der Waals surface area contributed by atoms with Gasteiger partial charge in [0.15, 0.2) is 0 Å². The molecule has 0 aromatic carbocycles. The van der Waals surface area contributed by atoms with Gasteiger partial charge in [0.1, 0.15) is 0 Å². The van der Waals surface area contributed by atoms with E-state index in [1.807, 2.05) is 0 Å². The van der Waals surface area contributed by atoms with Gasteiger partial charge >= 0.3 is 0 Å². The van der Waals surface area contributed by atoms with Crippen molar-refractivity contribution in [3.8, 4) is 0 Å². The first kappa shape index (κ1) is 11.4. The standard InChI is InChI=1S/C12H24N2O/c1-2-10-9-14(7-8-15-10)12-6-4-3-5-11(12)13/h10-12H,2-9,13H2,1H3. The van der Waals surface area contributed by atoms with Gasteiger partial charge in [-0.25, -0.2) is 0 Å². The van der Waals surface area contributed by atoms with Crippen molar-refractivity contribution in [2.75, 3.05) is 19.7 Å². The molecule has 3 atom stereocenters. The Morgan fingerprint density at radius 1 is 1.33 bits per heavy atom. The molecule has 3 nitrogen and oxygen atoms in total. The Morgan fingerprint density at radius 2 is 2.13 bits per heavy atom. The van der Waals surface area contributed by atoms with Crippen LogP contribution < -0.4 is 5.73 Å². The minimum absolute atomic E-state index is 0.398. The highest BCUT2D eigenvalue weighted by Crippen LogP contribution is 2.24. The molecule has 88 valence electrons. The summed E-state index contributed by atoms with van der Waals surface area (Å²) in [7, 11) is 0. The number of rotatable bonds is 2. The molecular formula is C12H24N2O. The summed E-state index contributed by atoms with van der Waals surface area (Å²) >= 11 is 0. The minimum atomic E-state index is 0.398. The van der Waals surface area contributed by atoms with Crippen molar-refractivity contribution in [2.24, 2.45) is 5.73 Å². The van der Waals surface area contributed by atoms with Gasteiger partial charge in [0.05, 0.1) is 12.7 Å².